The summed E-state index contributed by atoms with van der Waals surface area (Å²) >= 11 is 0. The third kappa shape index (κ3) is 7.64. The fourth-order valence-corrected chi connectivity index (χ4v) is 14.2. The maximum atomic E-state index is 6.53. The van der Waals surface area contributed by atoms with Crippen LogP contribution in [0.5, 0.6) is 0 Å². The van der Waals surface area contributed by atoms with Gasteiger partial charge in [0.25, 0.3) is 0 Å². The maximum Gasteiger partial charge on any atom is 0.165 e. The lowest BCUT2D eigenvalue weighted by Crippen LogP contribution is -2.16. The summed E-state index contributed by atoms with van der Waals surface area (Å²) in [6.07, 6.45) is 0. The molecule has 0 aliphatic rings. The Balaban J connectivity index is 1.10. The largest absolute Gasteiger partial charge is 0.305 e. The van der Waals surface area contributed by atoms with Gasteiger partial charge in [-0.2, -0.15) is 0 Å². The highest BCUT2D eigenvalue weighted by Gasteiger charge is 2.33. The van der Waals surface area contributed by atoms with Gasteiger partial charge in [-0.05, 0) is 123 Å². The van der Waals surface area contributed by atoms with Crippen molar-refractivity contribution in [2.45, 2.75) is 0 Å². The van der Waals surface area contributed by atoms with Gasteiger partial charge in [0.1, 0.15) is 11.4 Å². The van der Waals surface area contributed by atoms with Gasteiger partial charge < -0.3 is 9.13 Å². The molecule has 0 aliphatic carbocycles. The molecule has 0 amide bonds. The van der Waals surface area contributed by atoms with Crippen molar-refractivity contribution >= 4 is 87.2 Å². The fraction of sp³-hybridized carbons (Fsp3) is 0. The van der Waals surface area contributed by atoms with Gasteiger partial charge in [0.15, 0.2) is 11.6 Å². The number of nitrogens with zero attached hydrogens (tertiary/aromatic N) is 5. The highest BCUT2D eigenvalue weighted by atomic mass is 15.2. The standard InChI is InChI=1S/C83H53N5/c1-6-24-54(25-7-1)59-42-46-75-67(50-59)68-51-60(55-26-8-2-9-27-55)43-47-76(68)85(75)80-79(58-32-14-5-15-33-58)81(86-77-48-44-61(56-28-10-3-11-29-56)52-69(77)70-53-62(45-49-78(70)86)57-30-12-4-13-31-57)83(88-73-40-22-18-36-65(73)66-37-19-23-41-74(66)88)84-82(80)87-71-38-20-16-34-63(71)64-35-17-21-39-72(64)87/h1-53H. The lowest BCUT2D eigenvalue weighted by Gasteiger charge is -2.27. The molecular weight excluding hydrogens is 1070 g/mol. The topological polar surface area (TPSA) is 32.6 Å². The van der Waals surface area contributed by atoms with Gasteiger partial charge in [0.2, 0.25) is 0 Å². The van der Waals surface area contributed by atoms with Crippen LogP contribution < -0.4 is 0 Å². The van der Waals surface area contributed by atoms with E-state index in [1.807, 2.05) is 0 Å². The van der Waals surface area contributed by atoms with Gasteiger partial charge >= 0.3 is 0 Å². The summed E-state index contributed by atoms with van der Waals surface area (Å²) in [5.41, 5.74) is 21.8. The van der Waals surface area contributed by atoms with E-state index in [-0.39, 0.29) is 0 Å². The number of fused-ring (bicyclic) bond motifs is 12. The van der Waals surface area contributed by atoms with Crippen molar-refractivity contribution in [3.63, 3.8) is 0 Å². The molecule has 0 N–H and O–H groups in total. The molecular formula is C83H53N5. The minimum atomic E-state index is 0.799. The van der Waals surface area contributed by atoms with E-state index < -0.39 is 0 Å². The van der Waals surface area contributed by atoms with E-state index in [1.165, 1.54) is 0 Å². The molecule has 88 heavy (non-hydrogen) atoms. The molecule has 0 bridgehead atoms. The van der Waals surface area contributed by atoms with Gasteiger partial charge in [0.05, 0.1) is 44.1 Å². The molecule has 13 aromatic carbocycles. The minimum Gasteiger partial charge on any atom is -0.305 e. The van der Waals surface area contributed by atoms with E-state index >= 15 is 0 Å². The molecule has 0 spiro atoms. The summed E-state index contributed by atoms with van der Waals surface area (Å²) < 4.78 is 10.0. The summed E-state index contributed by atoms with van der Waals surface area (Å²) in [5.74, 6) is 1.60. The van der Waals surface area contributed by atoms with Crippen LogP contribution in [0.2, 0.25) is 0 Å². The number of rotatable bonds is 9. The summed E-state index contributed by atoms with van der Waals surface area (Å²) in [5, 5.41) is 9.21. The Morgan fingerprint density at radius 3 is 0.670 bits per heavy atom. The van der Waals surface area contributed by atoms with Crippen molar-refractivity contribution < 1.29 is 0 Å². The number of para-hydroxylation sites is 4. The third-order valence-corrected chi connectivity index (χ3v) is 18.2. The van der Waals surface area contributed by atoms with E-state index in [0.29, 0.717) is 0 Å². The van der Waals surface area contributed by atoms with Gasteiger partial charge in [-0.1, -0.05) is 249 Å². The lowest BCUT2D eigenvalue weighted by atomic mass is 10.00. The number of pyridine rings is 1. The first-order valence-corrected chi connectivity index (χ1v) is 30.2. The molecule has 5 heterocycles. The predicted molar refractivity (Wildman–Crippen MR) is 369 cm³/mol. The summed E-state index contributed by atoms with van der Waals surface area (Å²) in [6.45, 7) is 0. The van der Waals surface area contributed by atoms with Gasteiger partial charge in [0, 0.05) is 48.7 Å². The van der Waals surface area contributed by atoms with Crippen LogP contribution in [0.3, 0.4) is 0 Å². The SMILES string of the molecule is c1ccc(-c2ccc3c(c2)c2cc(-c4ccccc4)ccc2n3-c2c(-n3c4ccccc4c4ccccc43)nc(-n3c4ccccc4c4ccccc43)c(-n3c4ccc(-c5ccccc5)cc4c4cc(-c5ccccc5)ccc43)c2-c2ccccc2)cc1. The molecule has 0 atom stereocenters. The summed E-state index contributed by atoms with van der Waals surface area (Å²) in [6, 6.07) is 118. The first kappa shape index (κ1) is 49.6. The van der Waals surface area contributed by atoms with E-state index in [9.17, 15) is 0 Å². The summed E-state index contributed by atoms with van der Waals surface area (Å²) in [7, 11) is 0. The zero-order valence-electron chi connectivity index (χ0n) is 47.8. The second-order valence-corrected chi connectivity index (χ2v) is 23.0. The molecule has 5 nitrogen and oxygen atoms in total. The van der Waals surface area contributed by atoms with Gasteiger partial charge in [-0.3, -0.25) is 9.13 Å². The zero-order valence-corrected chi connectivity index (χ0v) is 47.8. The van der Waals surface area contributed by atoms with Crippen LogP contribution in [-0.4, -0.2) is 23.3 Å². The molecule has 0 radical (unpaired) electrons. The second kappa shape index (κ2) is 19.9. The van der Waals surface area contributed by atoms with Crippen LogP contribution >= 0.6 is 0 Å². The van der Waals surface area contributed by atoms with Crippen LogP contribution in [0.25, 0.3) is 166 Å². The Morgan fingerprint density at radius 2 is 0.398 bits per heavy atom. The predicted octanol–water partition coefficient (Wildman–Crippen LogP) is 21.8. The molecule has 0 aliphatic heterocycles. The maximum absolute atomic E-state index is 6.53. The van der Waals surface area contributed by atoms with Crippen molar-refractivity contribution in [2.75, 3.05) is 0 Å². The fourth-order valence-electron chi connectivity index (χ4n) is 14.2. The van der Waals surface area contributed by atoms with Crippen molar-refractivity contribution in [1.82, 2.24) is 23.3 Å². The Morgan fingerprint density at radius 1 is 0.170 bits per heavy atom. The average Bonchev–Trinajstić information content (AvgIpc) is 1.51. The average molecular weight is 1120 g/mol. The second-order valence-electron chi connectivity index (χ2n) is 23.0. The molecule has 410 valence electrons. The Labute approximate surface area is 507 Å². The van der Waals surface area contributed by atoms with Crippen LogP contribution in [0.15, 0.2) is 322 Å². The van der Waals surface area contributed by atoms with E-state index in [4.69, 9.17) is 4.98 Å². The number of aromatic nitrogens is 5. The molecule has 0 saturated heterocycles. The number of benzene rings is 13. The molecule has 0 fully saturated rings. The van der Waals surface area contributed by atoms with Crippen molar-refractivity contribution in [3.05, 3.63) is 322 Å². The molecule has 0 saturated carbocycles. The van der Waals surface area contributed by atoms with Crippen LogP contribution in [0.4, 0.5) is 0 Å². The van der Waals surface area contributed by atoms with Crippen LogP contribution in [0, 0.1) is 0 Å². The Hall–Kier alpha value is -11.8. The monoisotopic (exact) mass is 1120 g/mol. The van der Waals surface area contributed by atoms with Crippen molar-refractivity contribution in [3.8, 4) is 78.6 Å². The van der Waals surface area contributed by atoms with Gasteiger partial charge in [-0.25, -0.2) is 4.98 Å². The molecule has 18 rings (SSSR count). The highest BCUT2D eigenvalue weighted by molar-refractivity contribution is 6.17. The lowest BCUT2D eigenvalue weighted by molar-refractivity contribution is 0.961. The molecule has 5 heteroatoms. The van der Waals surface area contributed by atoms with Crippen molar-refractivity contribution in [1.29, 1.82) is 0 Å². The number of hydrogen-bond acceptors (Lipinski definition) is 1. The van der Waals surface area contributed by atoms with Crippen LogP contribution in [-0.2, 0) is 0 Å². The first-order chi connectivity index (χ1) is 43.7. The number of hydrogen-bond donors (Lipinski definition) is 0. The quantitative estimate of drug-likeness (QED) is 0.142. The normalized spacial score (nSPS) is 11.9. The van der Waals surface area contributed by atoms with E-state index in [2.05, 4.69) is 340 Å². The first-order valence-electron chi connectivity index (χ1n) is 30.2. The van der Waals surface area contributed by atoms with E-state index in [1.54, 1.807) is 0 Å². The molecule has 0 unspecified atom stereocenters. The Bertz CT molecular complexity index is 5140. The summed E-state index contributed by atoms with van der Waals surface area (Å²) in [4.78, 5) is 6.53. The molecule has 5 aromatic heterocycles. The van der Waals surface area contributed by atoms with E-state index in [0.717, 1.165) is 166 Å². The minimum absolute atomic E-state index is 0.799. The Kier molecular flexibility index (Phi) is 11.2. The zero-order chi connectivity index (χ0) is 57.8. The molecule has 18 aromatic rings. The van der Waals surface area contributed by atoms with Crippen LogP contribution in [0.1, 0.15) is 0 Å². The van der Waals surface area contributed by atoms with Gasteiger partial charge in [-0.15, -0.1) is 0 Å². The third-order valence-electron chi connectivity index (χ3n) is 18.2. The van der Waals surface area contributed by atoms with Crippen molar-refractivity contribution in [2.24, 2.45) is 0 Å². The smallest absolute Gasteiger partial charge is 0.165 e. The highest BCUT2D eigenvalue weighted by Crippen LogP contribution is 2.50.